The van der Waals surface area contributed by atoms with Gasteiger partial charge >= 0.3 is 6.18 Å². The molecular weight excluding hydrogens is 391 g/mol. The third kappa shape index (κ3) is 6.60. The fourth-order valence-electron chi connectivity index (χ4n) is 4.23. The average molecular weight is 426 g/mol. The second-order valence-electron chi connectivity index (χ2n) is 8.33. The van der Waals surface area contributed by atoms with Gasteiger partial charge < -0.3 is 15.5 Å². The highest BCUT2D eigenvalue weighted by molar-refractivity contribution is 5.80. The molecule has 1 aromatic rings. The molecule has 2 saturated heterocycles. The van der Waals surface area contributed by atoms with E-state index in [0.717, 1.165) is 57.2 Å². The summed E-state index contributed by atoms with van der Waals surface area (Å²) in [6.45, 7) is 11.8. The molecule has 2 N–H and O–H groups in total. The number of guanidine groups is 1. The fraction of sp³-hybridized carbons (Fsp3) is 0.682. The Labute approximate surface area is 177 Å². The molecule has 2 aliphatic rings. The predicted molar refractivity (Wildman–Crippen MR) is 114 cm³/mol. The van der Waals surface area contributed by atoms with Crippen molar-refractivity contribution in [2.45, 2.75) is 45.5 Å². The molecule has 0 aromatic heterocycles. The number of alkyl halides is 3. The lowest BCUT2D eigenvalue weighted by Crippen LogP contribution is -2.44. The fourth-order valence-corrected chi connectivity index (χ4v) is 4.23. The van der Waals surface area contributed by atoms with Gasteiger partial charge in [-0.05, 0) is 56.5 Å². The van der Waals surface area contributed by atoms with Crippen molar-refractivity contribution in [2.75, 3.05) is 45.8 Å². The van der Waals surface area contributed by atoms with E-state index in [1.54, 1.807) is 12.1 Å². The van der Waals surface area contributed by atoms with E-state index in [1.165, 1.54) is 25.1 Å². The van der Waals surface area contributed by atoms with Crippen LogP contribution in [0, 0.1) is 5.92 Å². The maximum atomic E-state index is 12.7. The monoisotopic (exact) mass is 425 g/mol. The summed E-state index contributed by atoms with van der Waals surface area (Å²) in [5, 5.41) is 6.89. The van der Waals surface area contributed by atoms with Crippen LogP contribution in [-0.4, -0.2) is 67.6 Å². The summed E-state index contributed by atoms with van der Waals surface area (Å²) in [6, 6.07) is 5.79. The number of likely N-dealkylation sites (tertiary alicyclic amines) is 2. The topological polar surface area (TPSA) is 42.9 Å². The minimum atomic E-state index is -4.28. The van der Waals surface area contributed by atoms with Crippen molar-refractivity contribution in [2.24, 2.45) is 10.9 Å². The van der Waals surface area contributed by atoms with Crippen molar-refractivity contribution in [3.05, 3.63) is 35.4 Å². The predicted octanol–water partition coefficient (Wildman–Crippen LogP) is 3.18. The minimum absolute atomic E-state index is 0.299. The summed E-state index contributed by atoms with van der Waals surface area (Å²) in [5.74, 6) is 1.49. The first kappa shape index (κ1) is 22.9. The Hall–Kier alpha value is -1.80. The number of hydrogen-bond acceptors (Lipinski definition) is 3. The lowest BCUT2D eigenvalue weighted by Gasteiger charge is -2.19. The molecule has 0 amide bonds. The van der Waals surface area contributed by atoms with Gasteiger partial charge in [0.05, 0.1) is 5.56 Å². The first-order chi connectivity index (χ1) is 14.4. The molecule has 5 nitrogen and oxygen atoms in total. The maximum absolute atomic E-state index is 12.7. The van der Waals surface area contributed by atoms with Crippen molar-refractivity contribution >= 4 is 5.96 Å². The highest BCUT2D eigenvalue weighted by Gasteiger charge is 2.30. The molecule has 2 unspecified atom stereocenters. The van der Waals surface area contributed by atoms with Gasteiger partial charge in [-0.1, -0.05) is 19.1 Å². The van der Waals surface area contributed by atoms with Crippen LogP contribution < -0.4 is 10.6 Å². The minimum Gasteiger partial charge on any atom is -0.357 e. The Morgan fingerprint density at radius 3 is 2.43 bits per heavy atom. The summed E-state index contributed by atoms with van der Waals surface area (Å²) in [5.41, 5.74) is 0.314. The van der Waals surface area contributed by atoms with Crippen molar-refractivity contribution in [1.82, 2.24) is 20.4 Å². The molecule has 0 bridgehead atoms. The summed E-state index contributed by atoms with van der Waals surface area (Å²) >= 11 is 0. The highest BCUT2D eigenvalue weighted by atomic mass is 19.4. The molecule has 0 radical (unpaired) electrons. The largest absolute Gasteiger partial charge is 0.416 e. The highest BCUT2D eigenvalue weighted by Crippen LogP contribution is 2.29. The van der Waals surface area contributed by atoms with E-state index in [2.05, 4.69) is 34.3 Å². The quantitative estimate of drug-likeness (QED) is 0.520. The molecule has 2 fully saturated rings. The molecule has 30 heavy (non-hydrogen) atoms. The second-order valence-corrected chi connectivity index (χ2v) is 8.33. The lowest BCUT2D eigenvalue weighted by molar-refractivity contribution is -0.137. The Morgan fingerprint density at radius 2 is 1.80 bits per heavy atom. The van der Waals surface area contributed by atoms with Crippen molar-refractivity contribution < 1.29 is 13.2 Å². The van der Waals surface area contributed by atoms with Crippen molar-refractivity contribution in [3.8, 4) is 0 Å². The number of benzene rings is 1. The molecule has 2 aliphatic heterocycles. The molecular formula is C22H34F3N5. The van der Waals surface area contributed by atoms with Crippen molar-refractivity contribution in [1.29, 1.82) is 0 Å². The summed E-state index contributed by atoms with van der Waals surface area (Å²) in [7, 11) is 0. The third-order valence-corrected chi connectivity index (χ3v) is 5.97. The normalized spacial score (nSPS) is 23.8. The van der Waals surface area contributed by atoms with Crippen LogP contribution in [0.1, 0.15) is 37.8 Å². The van der Waals surface area contributed by atoms with Gasteiger partial charge in [-0.25, -0.2) is 0 Å². The Kier molecular flexibility index (Phi) is 7.99. The number of nitrogens with one attached hydrogen (secondary N) is 2. The zero-order valence-corrected chi connectivity index (χ0v) is 18.0. The van der Waals surface area contributed by atoms with Gasteiger partial charge in [0.1, 0.15) is 0 Å². The summed E-state index contributed by atoms with van der Waals surface area (Å²) in [4.78, 5) is 9.56. The first-order valence-corrected chi connectivity index (χ1v) is 11.0. The molecule has 3 rings (SSSR count). The number of hydrogen-bond donors (Lipinski definition) is 2. The Bertz CT molecular complexity index is 689. The zero-order chi connectivity index (χ0) is 21.6. The van der Waals surface area contributed by atoms with Crippen LogP contribution in [0.5, 0.6) is 0 Å². The summed E-state index contributed by atoms with van der Waals surface area (Å²) in [6.07, 6.45) is -2.07. The molecule has 2 heterocycles. The van der Waals surface area contributed by atoms with Gasteiger partial charge in [-0.15, -0.1) is 0 Å². The Balaban J connectivity index is 1.48. The lowest BCUT2D eigenvalue weighted by atomic mass is 10.1. The van der Waals surface area contributed by atoms with Gasteiger partial charge in [-0.3, -0.25) is 9.89 Å². The van der Waals surface area contributed by atoms with Gasteiger partial charge in [0.25, 0.3) is 0 Å². The number of halogens is 3. The second kappa shape index (κ2) is 10.5. The standard InChI is InChI=1S/C22H34F3N5/c1-3-26-21(27-13-18-9-11-29(4-2)15-18)28-20-10-12-30(16-20)14-17-5-7-19(8-6-17)22(23,24)25/h5-8,18,20H,3-4,9-16H2,1-2H3,(H2,26,27,28). The summed E-state index contributed by atoms with van der Waals surface area (Å²) < 4.78 is 38.2. The molecule has 0 aliphatic carbocycles. The van der Waals surface area contributed by atoms with Crippen LogP contribution in [-0.2, 0) is 12.7 Å². The van der Waals surface area contributed by atoms with Crippen molar-refractivity contribution in [3.63, 3.8) is 0 Å². The van der Waals surface area contributed by atoms with Crippen LogP contribution in [0.4, 0.5) is 13.2 Å². The number of nitrogens with zero attached hydrogens (tertiary/aromatic N) is 3. The zero-order valence-electron chi connectivity index (χ0n) is 18.0. The van der Waals surface area contributed by atoms with Gasteiger partial charge in [-0.2, -0.15) is 13.2 Å². The number of aliphatic imine (C=N–C) groups is 1. The van der Waals surface area contributed by atoms with Crippen LogP contribution in [0.2, 0.25) is 0 Å². The molecule has 168 valence electrons. The van der Waals surface area contributed by atoms with Crippen LogP contribution in [0.3, 0.4) is 0 Å². The third-order valence-electron chi connectivity index (χ3n) is 5.97. The molecule has 0 saturated carbocycles. The van der Waals surface area contributed by atoms with E-state index in [1.807, 2.05) is 0 Å². The SMILES string of the molecule is CCNC(=NCC1CCN(CC)C1)NC1CCN(Cc2ccc(C(F)(F)F)cc2)C1. The van der Waals surface area contributed by atoms with E-state index in [4.69, 9.17) is 4.99 Å². The van der Waals surface area contributed by atoms with Gasteiger partial charge in [0.15, 0.2) is 5.96 Å². The van der Waals surface area contributed by atoms with Crippen LogP contribution in [0.15, 0.2) is 29.3 Å². The molecule has 1 aromatic carbocycles. The van der Waals surface area contributed by atoms with Crippen LogP contribution in [0.25, 0.3) is 0 Å². The van der Waals surface area contributed by atoms with E-state index in [-0.39, 0.29) is 0 Å². The van der Waals surface area contributed by atoms with Crippen LogP contribution >= 0.6 is 0 Å². The smallest absolute Gasteiger partial charge is 0.357 e. The maximum Gasteiger partial charge on any atom is 0.416 e. The number of rotatable bonds is 7. The average Bonchev–Trinajstić information content (AvgIpc) is 3.35. The molecule has 2 atom stereocenters. The molecule has 0 spiro atoms. The van der Waals surface area contributed by atoms with E-state index in [0.29, 0.717) is 18.5 Å². The van der Waals surface area contributed by atoms with Gasteiger partial charge in [0.2, 0.25) is 0 Å². The molecule has 8 heteroatoms. The first-order valence-electron chi connectivity index (χ1n) is 11.0. The van der Waals surface area contributed by atoms with E-state index < -0.39 is 11.7 Å². The Morgan fingerprint density at radius 1 is 1.07 bits per heavy atom. The van der Waals surface area contributed by atoms with Gasteiger partial charge in [0, 0.05) is 45.3 Å². The van der Waals surface area contributed by atoms with E-state index >= 15 is 0 Å². The van der Waals surface area contributed by atoms with E-state index in [9.17, 15) is 13.2 Å².